The van der Waals surface area contributed by atoms with Crippen molar-refractivity contribution in [2.75, 3.05) is 31.0 Å². The van der Waals surface area contributed by atoms with E-state index < -0.39 is 12.2 Å². The molecule has 2 heterocycles. The van der Waals surface area contributed by atoms with Crippen molar-refractivity contribution in [1.29, 1.82) is 0 Å². The maximum atomic E-state index is 12.4. The molecule has 2 aromatic carbocycles. The second kappa shape index (κ2) is 7.40. The predicted octanol–water partition coefficient (Wildman–Crippen LogP) is 2.89. The number of fused-ring (bicyclic) bond motifs is 1. The van der Waals surface area contributed by atoms with Crippen LogP contribution in [-0.4, -0.2) is 44.2 Å². The number of carbonyl (C=O) groups excluding carboxylic acids is 2. The van der Waals surface area contributed by atoms with Crippen LogP contribution < -0.4 is 19.7 Å². The Bertz CT molecular complexity index is 888. The van der Waals surface area contributed by atoms with E-state index in [0.717, 1.165) is 4.90 Å². The van der Waals surface area contributed by atoms with E-state index in [4.69, 9.17) is 14.2 Å². The number of anilines is 1. The lowest BCUT2D eigenvalue weighted by Crippen LogP contribution is -2.34. The minimum Gasteiger partial charge on any atom is -0.454 e. The Kier molecular flexibility index (Phi) is 4.81. The van der Waals surface area contributed by atoms with E-state index >= 15 is 0 Å². The summed E-state index contributed by atoms with van der Waals surface area (Å²) in [6.45, 7) is 0.771. The molecule has 2 amide bonds. The number of rotatable bonds is 5. The molecule has 0 bridgehead atoms. The minimum absolute atomic E-state index is 0.176. The molecule has 2 aliphatic heterocycles. The molecule has 1 fully saturated rings. The molecule has 0 unspecified atom stereocenters. The first kappa shape index (κ1) is 17.5. The maximum Gasteiger partial charge on any atom is 0.414 e. The zero-order valence-electron chi connectivity index (χ0n) is 14.6. The van der Waals surface area contributed by atoms with Crippen molar-refractivity contribution in [2.45, 2.75) is 11.0 Å². The second-order valence-electron chi connectivity index (χ2n) is 6.06. The lowest BCUT2D eigenvalue weighted by Gasteiger charge is -2.14. The summed E-state index contributed by atoms with van der Waals surface area (Å²) in [5.74, 6) is 1.07. The number of cyclic esters (lactones) is 1. The van der Waals surface area contributed by atoms with E-state index in [-0.39, 0.29) is 19.2 Å². The quantitative estimate of drug-likeness (QED) is 0.797. The number of thioether (sulfide) groups is 1. The average Bonchev–Trinajstić information content (AvgIpc) is 3.31. The zero-order chi connectivity index (χ0) is 18.8. The summed E-state index contributed by atoms with van der Waals surface area (Å²) >= 11 is 1.51. The number of hydrogen-bond acceptors (Lipinski definition) is 6. The van der Waals surface area contributed by atoms with Crippen LogP contribution in [0.5, 0.6) is 11.5 Å². The number of nitrogens with one attached hydrogen (secondary N) is 1. The highest BCUT2D eigenvalue weighted by Gasteiger charge is 2.33. The largest absolute Gasteiger partial charge is 0.454 e. The minimum atomic E-state index is -0.447. The molecule has 0 radical (unpaired) electrons. The topological polar surface area (TPSA) is 77.1 Å². The molecular weight excluding hydrogens is 368 g/mol. The van der Waals surface area contributed by atoms with Gasteiger partial charge >= 0.3 is 6.09 Å². The van der Waals surface area contributed by atoms with Gasteiger partial charge in [0.05, 0.1) is 24.3 Å². The molecule has 2 aromatic rings. The predicted molar refractivity (Wildman–Crippen MR) is 101 cm³/mol. The van der Waals surface area contributed by atoms with Gasteiger partial charge in [-0.25, -0.2) is 4.79 Å². The van der Waals surface area contributed by atoms with Crippen LogP contribution in [0.15, 0.2) is 47.4 Å². The highest BCUT2D eigenvalue weighted by molar-refractivity contribution is 7.98. The Balaban J connectivity index is 1.39. The number of ether oxygens (including phenoxy) is 3. The van der Waals surface area contributed by atoms with Crippen LogP contribution in [-0.2, 0) is 4.74 Å². The van der Waals surface area contributed by atoms with Crippen LogP contribution >= 0.6 is 11.8 Å². The van der Waals surface area contributed by atoms with Crippen LogP contribution in [0.2, 0.25) is 0 Å². The van der Waals surface area contributed by atoms with Gasteiger partial charge in [0.15, 0.2) is 11.5 Å². The first-order valence-corrected chi connectivity index (χ1v) is 9.67. The van der Waals surface area contributed by atoms with Crippen molar-refractivity contribution < 1.29 is 23.8 Å². The molecule has 7 nitrogen and oxygen atoms in total. The Labute approximate surface area is 160 Å². The standard InChI is InChI=1S/C19H18N2O5S/c1-27-17-5-3-2-4-14(17)18(22)20-9-13-10-21(19(23)26-13)12-6-7-15-16(8-12)25-11-24-15/h2-8,13H,9-11H2,1H3,(H,20,22)/t13-/m0/s1. The number of hydrogen-bond donors (Lipinski definition) is 1. The van der Waals surface area contributed by atoms with Crippen LogP contribution in [0.1, 0.15) is 10.4 Å². The van der Waals surface area contributed by atoms with Crippen molar-refractivity contribution in [3.8, 4) is 11.5 Å². The number of carbonyl (C=O) groups is 2. The van der Waals surface area contributed by atoms with E-state index in [1.165, 1.54) is 16.7 Å². The Hall–Kier alpha value is -2.87. The molecule has 1 N–H and O–H groups in total. The van der Waals surface area contributed by atoms with Crippen molar-refractivity contribution in [2.24, 2.45) is 0 Å². The summed E-state index contributed by atoms with van der Waals surface area (Å²) in [6.07, 6.45) is 1.06. The molecule has 0 saturated carbocycles. The normalized spacial score (nSPS) is 17.7. The molecule has 2 aliphatic rings. The third-order valence-corrected chi connectivity index (χ3v) is 5.18. The van der Waals surface area contributed by atoms with Gasteiger partial charge in [-0.15, -0.1) is 11.8 Å². The summed E-state index contributed by atoms with van der Waals surface area (Å²) in [6, 6.07) is 12.7. The number of benzene rings is 2. The second-order valence-corrected chi connectivity index (χ2v) is 6.91. The third-order valence-electron chi connectivity index (χ3n) is 4.38. The zero-order valence-corrected chi connectivity index (χ0v) is 15.5. The van der Waals surface area contributed by atoms with Gasteiger partial charge in [-0.05, 0) is 30.5 Å². The smallest absolute Gasteiger partial charge is 0.414 e. The molecule has 1 atom stereocenters. The number of amides is 2. The Morgan fingerprint density at radius 3 is 2.89 bits per heavy atom. The van der Waals surface area contributed by atoms with Gasteiger partial charge in [0.25, 0.3) is 5.91 Å². The lowest BCUT2D eigenvalue weighted by atomic mass is 10.2. The molecule has 0 aromatic heterocycles. The van der Waals surface area contributed by atoms with Crippen LogP contribution in [0.25, 0.3) is 0 Å². The van der Waals surface area contributed by atoms with Crippen LogP contribution in [0.4, 0.5) is 10.5 Å². The van der Waals surface area contributed by atoms with Gasteiger partial charge in [-0.2, -0.15) is 0 Å². The third kappa shape index (κ3) is 3.52. The average molecular weight is 386 g/mol. The van der Waals surface area contributed by atoms with Crippen molar-refractivity contribution in [3.63, 3.8) is 0 Å². The fraction of sp³-hybridized carbons (Fsp3) is 0.263. The fourth-order valence-electron chi connectivity index (χ4n) is 3.03. The molecule has 8 heteroatoms. The molecule has 4 rings (SSSR count). The SMILES string of the molecule is CSc1ccccc1C(=O)NC[C@H]1CN(c2ccc3c(c2)OCO3)C(=O)O1. The molecule has 140 valence electrons. The van der Waals surface area contributed by atoms with Gasteiger partial charge < -0.3 is 19.5 Å². The molecule has 0 aliphatic carbocycles. The van der Waals surface area contributed by atoms with Crippen molar-refractivity contribution in [1.82, 2.24) is 5.32 Å². The molecular formula is C19H18N2O5S. The van der Waals surface area contributed by atoms with Crippen molar-refractivity contribution >= 4 is 29.4 Å². The van der Waals surface area contributed by atoms with Gasteiger partial charge in [0.2, 0.25) is 6.79 Å². The van der Waals surface area contributed by atoms with E-state index in [2.05, 4.69) is 5.32 Å². The molecule has 0 spiro atoms. The van der Waals surface area contributed by atoms with Crippen molar-refractivity contribution in [3.05, 3.63) is 48.0 Å². The monoisotopic (exact) mass is 386 g/mol. The first-order chi connectivity index (χ1) is 13.2. The van der Waals surface area contributed by atoms with Gasteiger partial charge in [-0.3, -0.25) is 9.69 Å². The van der Waals surface area contributed by atoms with E-state index in [1.54, 1.807) is 24.3 Å². The Morgan fingerprint density at radius 1 is 1.22 bits per heavy atom. The highest BCUT2D eigenvalue weighted by Crippen LogP contribution is 2.36. The van der Waals surface area contributed by atoms with E-state index in [0.29, 0.717) is 29.3 Å². The number of nitrogens with zero attached hydrogens (tertiary/aromatic N) is 1. The summed E-state index contributed by atoms with van der Waals surface area (Å²) in [5.41, 5.74) is 1.28. The van der Waals surface area contributed by atoms with Gasteiger partial charge in [0, 0.05) is 11.0 Å². The first-order valence-electron chi connectivity index (χ1n) is 8.44. The highest BCUT2D eigenvalue weighted by atomic mass is 32.2. The van der Waals surface area contributed by atoms with E-state index in [1.807, 2.05) is 24.5 Å². The van der Waals surface area contributed by atoms with E-state index in [9.17, 15) is 9.59 Å². The molecule has 1 saturated heterocycles. The summed E-state index contributed by atoms with van der Waals surface area (Å²) in [7, 11) is 0. The lowest BCUT2D eigenvalue weighted by molar-refractivity contribution is 0.0913. The van der Waals surface area contributed by atoms with Crippen LogP contribution in [0.3, 0.4) is 0 Å². The Morgan fingerprint density at radius 2 is 2.04 bits per heavy atom. The van der Waals surface area contributed by atoms with Gasteiger partial charge in [0.1, 0.15) is 6.10 Å². The maximum absolute atomic E-state index is 12.4. The fourth-order valence-corrected chi connectivity index (χ4v) is 3.62. The molecule has 27 heavy (non-hydrogen) atoms. The van der Waals surface area contributed by atoms with Gasteiger partial charge in [-0.1, -0.05) is 12.1 Å². The summed E-state index contributed by atoms with van der Waals surface area (Å²) < 4.78 is 16.0. The van der Waals surface area contributed by atoms with Crippen LogP contribution in [0, 0.1) is 0 Å². The summed E-state index contributed by atoms with van der Waals surface area (Å²) in [5, 5.41) is 2.85. The summed E-state index contributed by atoms with van der Waals surface area (Å²) in [4.78, 5) is 27.1.